The molecule has 0 radical (unpaired) electrons. The van der Waals surface area contributed by atoms with Gasteiger partial charge >= 0.3 is 5.97 Å². The molecule has 1 saturated heterocycles. The van der Waals surface area contributed by atoms with Crippen LogP contribution in [0, 0.1) is 0 Å². The van der Waals surface area contributed by atoms with E-state index in [4.69, 9.17) is 14.2 Å². The van der Waals surface area contributed by atoms with Gasteiger partial charge < -0.3 is 19.1 Å². The van der Waals surface area contributed by atoms with Gasteiger partial charge in [-0.15, -0.1) is 0 Å². The Labute approximate surface area is 321 Å². The van der Waals surface area contributed by atoms with E-state index >= 15 is 0 Å². The molecular formula is C47H81NO4. The minimum absolute atomic E-state index is 0.0534. The summed E-state index contributed by atoms with van der Waals surface area (Å²) in [6, 6.07) is 0. The molecule has 1 saturated carbocycles. The van der Waals surface area contributed by atoms with Crippen LogP contribution in [0.15, 0.2) is 60.8 Å². The van der Waals surface area contributed by atoms with E-state index in [1.54, 1.807) is 0 Å². The fraction of sp³-hybridized carbons (Fsp3) is 0.766. The summed E-state index contributed by atoms with van der Waals surface area (Å²) in [6.07, 6.45) is 54.1. The van der Waals surface area contributed by atoms with Gasteiger partial charge in [0.1, 0.15) is 6.10 Å². The van der Waals surface area contributed by atoms with Gasteiger partial charge in [0.2, 0.25) is 0 Å². The summed E-state index contributed by atoms with van der Waals surface area (Å²) in [6.45, 7) is 5.16. The molecule has 0 aromatic carbocycles. The molecule has 1 heterocycles. The lowest BCUT2D eigenvalue weighted by molar-refractivity contribution is -0.196. The zero-order valence-corrected chi connectivity index (χ0v) is 34.4. The van der Waals surface area contributed by atoms with Crippen molar-refractivity contribution >= 4 is 5.97 Å². The van der Waals surface area contributed by atoms with E-state index in [0.29, 0.717) is 6.42 Å². The monoisotopic (exact) mass is 724 g/mol. The van der Waals surface area contributed by atoms with Crippen molar-refractivity contribution in [3.8, 4) is 0 Å². The van der Waals surface area contributed by atoms with Crippen LogP contribution in [0.4, 0.5) is 0 Å². The van der Waals surface area contributed by atoms with Gasteiger partial charge in [0, 0.05) is 32.2 Å². The summed E-state index contributed by atoms with van der Waals surface area (Å²) in [5.41, 5.74) is 0. The number of unbranched alkanes of at least 4 members (excludes halogenated alkanes) is 15. The molecule has 5 heteroatoms. The average Bonchev–Trinajstić information content (AvgIpc) is 3.65. The van der Waals surface area contributed by atoms with Crippen molar-refractivity contribution < 1.29 is 19.0 Å². The molecule has 1 aliphatic carbocycles. The van der Waals surface area contributed by atoms with Gasteiger partial charge in [-0.2, -0.15) is 0 Å². The van der Waals surface area contributed by atoms with E-state index in [2.05, 4.69) is 74.6 Å². The molecule has 2 aliphatic rings. The average molecular weight is 724 g/mol. The van der Waals surface area contributed by atoms with Crippen LogP contribution in [0.2, 0.25) is 0 Å². The Morgan fingerprint density at radius 3 is 1.48 bits per heavy atom. The Balaban J connectivity index is 1.64. The van der Waals surface area contributed by atoms with Crippen LogP contribution in [0.5, 0.6) is 0 Å². The molecule has 0 aromatic rings. The summed E-state index contributed by atoms with van der Waals surface area (Å²) in [4.78, 5) is 14.4. The van der Waals surface area contributed by atoms with Crippen molar-refractivity contribution in [1.29, 1.82) is 0 Å². The standard InChI is InChI=1S/C47H81NO4/c1-5-7-9-11-13-15-17-19-21-23-25-27-29-31-33-35-38-47(51-44-41-43(42-45(44)52-47)50-46(49)37-40-48(3)4)39-36-34-32-30-28-26-24-22-20-18-16-14-12-10-8-6-2/h7,9,13-16,19-22,43-45H,5-6,8,10-12,17-18,23-42H2,1-4H3/b9-7-,15-13-,16-14-,21-19-,22-20-/t43?,44-,45+,47?. The molecule has 4 atom stereocenters. The molecular weight excluding hydrogens is 643 g/mol. The molecule has 298 valence electrons. The highest BCUT2D eigenvalue weighted by atomic mass is 16.8. The molecule has 0 aromatic heterocycles. The molecule has 0 N–H and O–H groups in total. The predicted molar refractivity (Wildman–Crippen MR) is 223 cm³/mol. The maximum atomic E-state index is 12.4. The molecule has 2 rings (SSSR count). The highest BCUT2D eigenvalue weighted by Crippen LogP contribution is 2.44. The summed E-state index contributed by atoms with van der Waals surface area (Å²) in [5.74, 6) is -0.554. The number of allylic oxidation sites excluding steroid dienone is 10. The van der Waals surface area contributed by atoms with E-state index < -0.39 is 5.79 Å². The fourth-order valence-corrected chi connectivity index (χ4v) is 7.33. The summed E-state index contributed by atoms with van der Waals surface area (Å²) in [7, 11) is 3.97. The third-order valence-corrected chi connectivity index (χ3v) is 10.4. The van der Waals surface area contributed by atoms with Crippen LogP contribution >= 0.6 is 0 Å². The van der Waals surface area contributed by atoms with Crippen molar-refractivity contribution in [1.82, 2.24) is 4.90 Å². The molecule has 52 heavy (non-hydrogen) atoms. The zero-order chi connectivity index (χ0) is 37.4. The molecule has 0 amide bonds. The van der Waals surface area contributed by atoms with E-state index in [1.807, 2.05) is 19.0 Å². The molecule has 1 aliphatic heterocycles. The number of nitrogens with zero attached hydrogens (tertiary/aromatic N) is 1. The highest BCUT2D eigenvalue weighted by Gasteiger charge is 2.52. The Bertz CT molecular complexity index is 997. The maximum Gasteiger partial charge on any atom is 0.307 e. The fourth-order valence-electron chi connectivity index (χ4n) is 7.33. The molecule has 0 spiro atoms. The first-order valence-electron chi connectivity index (χ1n) is 21.9. The molecule has 5 nitrogen and oxygen atoms in total. The lowest BCUT2D eigenvalue weighted by atomic mass is 9.98. The number of carbonyl (C=O) groups excluding carboxylic acids is 1. The Hall–Kier alpha value is -1.95. The Morgan fingerprint density at radius 2 is 1.02 bits per heavy atom. The van der Waals surface area contributed by atoms with Crippen LogP contribution in [0.1, 0.15) is 187 Å². The summed E-state index contributed by atoms with van der Waals surface area (Å²) in [5, 5.41) is 0. The lowest BCUT2D eigenvalue weighted by Crippen LogP contribution is -2.33. The third-order valence-electron chi connectivity index (χ3n) is 10.4. The van der Waals surface area contributed by atoms with Crippen LogP contribution < -0.4 is 0 Å². The molecule has 2 fully saturated rings. The Kier molecular flexibility index (Phi) is 27.9. The van der Waals surface area contributed by atoms with Crippen LogP contribution in [-0.4, -0.2) is 55.6 Å². The first kappa shape index (κ1) is 46.2. The SMILES string of the molecule is CC/C=C\C/C=C\C/C=C\CCCCCCCCC1(CCCCCCCC/C=C\C/C=C\CCCCC)O[C@H]2CC(OC(=O)CCN(C)C)C[C@H]2O1. The number of carbonyl (C=O) groups is 1. The van der Waals surface area contributed by atoms with Gasteiger partial charge in [-0.25, -0.2) is 0 Å². The smallest absolute Gasteiger partial charge is 0.307 e. The number of hydrogen-bond acceptors (Lipinski definition) is 5. The van der Waals surface area contributed by atoms with E-state index in [1.165, 1.54) is 103 Å². The van der Waals surface area contributed by atoms with E-state index in [-0.39, 0.29) is 24.3 Å². The van der Waals surface area contributed by atoms with Crippen LogP contribution in [0.3, 0.4) is 0 Å². The third kappa shape index (κ3) is 23.7. The van der Waals surface area contributed by atoms with Gasteiger partial charge in [0.15, 0.2) is 5.79 Å². The molecule has 0 bridgehead atoms. The first-order valence-corrected chi connectivity index (χ1v) is 21.9. The lowest BCUT2D eigenvalue weighted by Gasteiger charge is -2.30. The molecule has 2 unspecified atom stereocenters. The topological polar surface area (TPSA) is 48.0 Å². The minimum Gasteiger partial charge on any atom is -0.462 e. The van der Waals surface area contributed by atoms with Crippen molar-refractivity contribution in [3.05, 3.63) is 60.8 Å². The second kappa shape index (κ2) is 31.4. The number of hydrogen-bond donors (Lipinski definition) is 0. The normalized spacial score (nSPS) is 22.1. The summed E-state index contributed by atoms with van der Waals surface area (Å²) >= 11 is 0. The van der Waals surface area contributed by atoms with Gasteiger partial charge in [-0.05, 0) is 91.1 Å². The highest BCUT2D eigenvalue weighted by molar-refractivity contribution is 5.69. The number of ether oxygens (including phenoxy) is 3. The predicted octanol–water partition coefficient (Wildman–Crippen LogP) is 13.3. The second-order valence-electron chi connectivity index (χ2n) is 15.6. The number of fused-ring (bicyclic) bond motifs is 1. The van der Waals surface area contributed by atoms with Crippen molar-refractivity contribution in [2.75, 3.05) is 20.6 Å². The van der Waals surface area contributed by atoms with Crippen molar-refractivity contribution in [3.63, 3.8) is 0 Å². The van der Waals surface area contributed by atoms with Gasteiger partial charge in [0.05, 0.1) is 18.6 Å². The number of rotatable bonds is 33. The minimum atomic E-state index is -0.448. The van der Waals surface area contributed by atoms with E-state index in [0.717, 1.165) is 70.8 Å². The summed E-state index contributed by atoms with van der Waals surface area (Å²) < 4.78 is 19.4. The van der Waals surface area contributed by atoms with E-state index in [9.17, 15) is 4.79 Å². The van der Waals surface area contributed by atoms with Crippen LogP contribution in [-0.2, 0) is 19.0 Å². The maximum absolute atomic E-state index is 12.4. The largest absolute Gasteiger partial charge is 0.462 e. The Morgan fingerprint density at radius 1 is 0.596 bits per heavy atom. The quantitative estimate of drug-likeness (QED) is 0.0383. The van der Waals surface area contributed by atoms with Crippen molar-refractivity contribution in [2.45, 2.75) is 211 Å². The van der Waals surface area contributed by atoms with Crippen molar-refractivity contribution in [2.24, 2.45) is 0 Å². The van der Waals surface area contributed by atoms with Gasteiger partial charge in [-0.3, -0.25) is 4.79 Å². The number of esters is 1. The van der Waals surface area contributed by atoms with Gasteiger partial charge in [-0.1, -0.05) is 139 Å². The second-order valence-corrected chi connectivity index (χ2v) is 15.6. The van der Waals surface area contributed by atoms with Crippen LogP contribution in [0.25, 0.3) is 0 Å². The first-order chi connectivity index (χ1) is 25.5. The zero-order valence-electron chi connectivity index (χ0n) is 34.4. The van der Waals surface area contributed by atoms with Gasteiger partial charge in [0.25, 0.3) is 0 Å².